The van der Waals surface area contributed by atoms with Gasteiger partial charge in [0.05, 0.1) is 0 Å². The van der Waals surface area contributed by atoms with Crippen molar-refractivity contribution in [3.63, 3.8) is 0 Å². The average molecular weight is 207 g/mol. The van der Waals surface area contributed by atoms with E-state index in [9.17, 15) is 0 Å². The lowest BCUT2D eigenvalue weighted by atomic mass is 9.41. The third kappa shape index (κ3) is 1.32. The second kappa shape index (κ2) is 2.80. The minimum Gasteiger partial charge on any atom is -0.325 e. The van der Waals surface area contributed by atoms with Crippen LogP contribution in [0.15, 0.2) is 0 Å². The van der Waals surface area contributed by atoms with E-state index in [2.05, 4.69) is 13.8 Å². The first-order chi connectivity index (χ1) is 7.03. The van der Waals surface area contributed by atoms with Crippen LogP contribution in [0.2, 0.25) is 0 Å². The van der Waals surface area contributed by atoms with Gasteiger partial charge >= 0.3 is 0 Å². The molecule has 0 radical (unpaired) electrons. The normalized spacial score (nSPS) is 57.4. The molecule has 0 spiro atoms. The van der Waals surface area contributed by atoms with Gasteiger partial charge in [0.1, 0.15) is 0 Å². The van der Waals surface area contributed by atoms with Crippen molar-refractivity contribution in [2.75, 3.05) is 0 Å². The molecule has 2 unspecified atom stereocenters. The van der Waals surface area contributed by atoms with E-state index >= 15 is 0 Å². The second-order valence-corrected chi connectivity index (χ2v) is 7.08. The van der Waals surface area contributed by atoms with E-state index in [-0.39, 0.29) is 5.54 Å². The van der Waals surface area contributed by atoms with E-state index in [4.69, 9.17) is 5.73 Å². The van der Waals surface area contributed by atoms with Gasteiger partial charge in [0.25, 0.3) is 0 Å². The second-order valence-electron chi connectivity index (χ2n) is 7.08. The van der Waals surface area contributed by atoms with Crippen molar-refractivity contribution in [1.82, 2.24) is 0 Å². The topological polar surface area (TPSA) is 26.0 Å². The van der Waals surface area contributed by atoms with Crippen molar-refractivity contribution in [2.45, 2.75) is 70.8 Å². The molecule has 0 aromatic heterocycles. The van der Waals surface area contributed by atoms with Crippen LogP contribution in [0.3, 0.4) is 0 Å². The zero-order valence-corrected chi connectivity index (χ0v) is 10.3. The van der Waals surface area contributed by atoms with E-state index in [0.717, 1.165) is 5.92 Å². The largest absolute Gasteiger partial charge is 0.325 e. The molecule has 4 aliphatic rings. The molecule has 0 aromatic rings. The maximum Gasteiger partial charge on any atom is 0.0167 e. The highest BCUT2D eigenvalue weighted by Crippen LogP contribution is 2.67. The molecule has 86 valence electrons. The highest BCUT2D eigenvalue weighted by molar-refractivity contribution is 5.14. The van der Waals surface area contributed by atoms with Gasteiger partial charge in [-0.25, -0.2) is 0 Å². The van der Waals surface area contributed by atoms with E-state index in [1.165, 1.54) is 51.4 Å². The number of rotatable bonds is 2. The molecule has 4 rings (SSSR count). The molecule has 0 heterocycles. The number of nitrogens with two attached hydrogens (primary N) is 1. The summed E-state index contributed by atoms with van der Waals surface area (Å²) in [6, 6.07) is 0. The Morgan fingerprint density at radius 1 is 0.933 bits per heavy atom. The highest BCUT2D eigenvalue weighted by atomic mass is 14.8. The first kappa shape index (κ1) is 10.1. The molecule has 15 heavy (non-hydrogen) atoms. The smallest absolute Gasteiger partial charge is 0.0167 e. The van der Waals surface area contributed by atoms with Crippen LogP contribution in [-0.4, -0.2) is 5.54 Å². The van der Waals surface area contributed by atoms with Gasteiger partial charge in [-0.05, 0) is 55.3 Å². The molecule has 4 fully saturated rings. The van der Waals surface area contributed by atoms with Crippen LogP contribution in [0, 0.1) is 16.7 Å². The molecule has 4 saturated carbocycles. The van der Waals surface area contributed by atoms with Gasteiger partial charge in [-0.2, -0.15) is 0 Å². The Morgan fingerprint density at radius 3 is 1.87 bits per heavy atom. The van der Waals surface area contributed by atoms with Gasteiger partial charge in [0, 0.05) is 5.54 Å². The van der Waals surface area contributed by atoms with Crippen molar-refractivity contribution in [3.05, 3.63) is 0 Å². The van der Waals surface area contributed by atoms with Crippen LogP contribution in [0.4, 0.5) is 0 Å². The molecule has 4 bridgehead atoms. The maximum atomic E-state index is 6.64. The Balaban J connectivity index is 2.00. The first-order valence-electron chi connectivity index (χ1n) is 6.82. The van der Waals surface area contributed by atoms with Crippen molar-refractivity contribution < 1.29 is 0 Å². The summed E-state index contributed by atoms with van der Waals surface area (Å²) in [5.74, 6) is 0.964. The lowest BCUT2D eigenvalue weighted by Gasteiger charge is -2.66. The molecule has 4 atom stereocenters. The summed E-state index contributed by atoms with van der Waals surface area (Å²) in [4.78, 5) is 0. The molecule has 0 aliphatic heterocycles. The summed E-state index contributed by atoms with van der Waals surface area (Å²) < 4.78 is 0. The fraction of sp³-hybridized carbons (Fsp3) is 1.00. The average Bonchev–Trinajstić information content (AvgIpc) is 2.14. The van der Waals surface area contributed by atoms with Crippen LogP contribution >= 0.6 is 0 Å². The number of hydrogen-bond donors (Lipinski definition) is 1. The van der Waals surface area contributed by atoms with Crippen molar-refractivity contribution in [1.29, 1.82) is 0 Å². The molecule has 2 N–H and O–H groups in total. The fourth-order valence-corrected chi connectivity index (χ4v) is 5.71. The van der Waals surface area contributed by atoms with Crippen LogP contribution in [0.1, 0.15) is 65.2 Å². The molecule has 0 amide bonds. The monoisotopic (exact) mass is 207 g/mol. The fourth-order valence-electron chi connectivity index (χ4n) is 5.71. The zero-order valence-electron chi connectivity index (χ0n) is 10.3. The van der Waals surface area contributed by atoms with E-state index in [0.29, 0.717) is 10.8 Å². The Labute approximate surface area is 93.8 Å². The van der Waals surface area contributed by atoms with Crippen molar-refractivity contribution in [2.24, 2.45) is 22.5 Å². The molecule has 0 saturated heterocycles. The standard InChI is InChI=1S/C14H25N/c1-3-12-5-11-6-13(4-2,8-12)10-14(15,7-11)9-12/h11H,3-10,15H2,1-2H3/t11?,12-,13+,14?. The van der Waals surface area contributed by atoms with Gasteiger partial charge in [-0.15, -0.1) is 0 Å². The summed E-state index contributed by atoms with van der Waals surface area (Å²) in [6.45, 7) is 4.78. The summed E-state index contributed by atoms with van der Waals surface area (Å²) in [6.07, 6.45) is 11.2. The quantitative estimate of drug-likeness (QED) is 0.737. The van der Waals surface area contributed by atoms with Crippen LogP contribution < -0.4 is 5.73 Å². The molecular weight excluding hydrogens is 182 g/mol. The lowest BCUT2D eigenvalue weighted by Crippen LogP contribution is -2.63. The predicted molar refractivity (Wildman–Crippen MR) is 63.6 cm³/mol. The summed E-state index contributed by atoms with van der Waals surface area (Å²) in [7, 11) is 0. The third-order valence-electron chi connectivity index (χ3n) is 5.84. The molecule has 1 nitrogen and oxygen atoms in total. The summed E-state index contributed by atoms with van der Waals surface area (Å²) in [5, 5.41) is 0. The summed E-state index contributed by atoms with van der Waals surface area (Å²) in [5.41, 5.74) is 8.16. The Kier molecular flexibility index (Phi) is 1.89. The number of hydrogen-bond acceptors (Lipinski definition) is 1. The van der Waals surface area contributed by atoms with E-state index in [1.807, 2.05) is 0 Å². The Hall–Kier alpha value is -0.0400. The zero-order chi connectivity index (χ0) is 10.7. The Morgan fingerprint density at radius 2 is 1.47 bits per heavy atom. The lowest BCUT2D eigenvalue weighted by molar-refractivity contribution is -0.124. The molecule has 4 aliphatic carbocycles. The van der Waals surface area contributed by atoms with Crippen LogP contribution in [-0.2, 0) is 0 Å². The van der Waals surface area contributed by atoms with E-state index < -0.39 is 0 Å². The Bertz CT molecular complexity index is 263. The van der Waals surface area contributed by atoms with E-state index in [1.54, 1.807) is 0 Å². The third-order valence-corrected chi connectivity index (χ3v) is 5.84. The van der Waals surface area contributed by atoms with Crippen LogP contribution in [0.5, 0.6) is 0 Å². The van der Waals surface area contributed by atoms with Gasteiger partial charge in [-0.3, -0.25) is 0 Å². The first-order valence-corrected chi connectivity index (χ1v) is 6.82. The predicted octanol–water partition coefficient (Wildman–Crippen LogP) is 3.47. The molecule has 0 aromatic carbocycles. The van der Waals surface area contributed by atoms with Gasteiger partial charge in [0.2, 0.25) is 0 Å². The highest BCUT2D eigenvalue weighted by Gasteiger charge is 2.60. The van der Waals surface area contributed by atoms with Crippen LogP contribution in [0.25, 0.3) is 0 Å². The minimum atomic E-state index is 0.228. The van der Waals surface area contributed by atoms with Gasteiger partial charge in [-0.1, -0.05) is 26.7 Å². The molecular formula is C14H25N. The van der Waals surface area contributed by atoms with Crippen molar-refractivity contribution in [3.8, 4) is 0 Å². The maximum absolute atomic E-state index is 6.64. The minimum absolute atomic E-state index is 0.228. The SMILES string of the molecule is CC[C@]12CC3CC(N)(C1)C[C@@](CC)(C3)C2. The molecule has 1 heteroatoms. The van der Waals surface area contributed by atoms with Gasteiger partial charge in [0.15, 0.2) is 0 Å². The van der Waals surface area contributed by atoms with Crippen molar-refractivity contribution >= 4 is 0 Å². The van der Waals surface area contributed by atoms with Gasteiger partial charge < -0.3 is 5.73 Å². The summed E-state index contributed by atoms with van der Waals surface area (Å²) >= 11 is 0.